The van der Waals surface area contributed by atoms with Gasteiger partial charge < -0.3 is 15.0 Å². The molecule has 0 aromatic heterocycles. The van der Waals surface area contributed by atoms with E-state index in [4.69, 9.17) is 4.74 Å². The van der Waals surface area contributed by atoms with Gasteiger partial charge in [-0.05, 0) is 44.0 Å². The van der Waals surface area contributed by atoms with Crippen LogP contribution in [0.3, 0.4) is 0 Å². The first-order valence-corrected chi connectivity index (χ1v) is 7.32. The van der Waals surface area contributed by atoms with Gasteiger partial charge in [-0.1, -0.05) is 6.07 Å². The van der Waals surface area contributed by atoms with Crippen LogP contribution >= 0.6 is 0 Å². The third-order valence-electron chi connectivity index (χ3n) is 3.57. The molecule has 114 valence electrons. The zero-order valence-corrected chi connectivity index (χ0v) is 12.8. The molecular weight excluding hydrogens is 268 g/mol. The Kier molecular flexibility index (Phi) is 4.96. The van der Waals surface area contributed by atoms with Crippen molar-refractivity contribution in [3.05, 3.63) is 34.9 Å². The highest BCUT2D eigenvalue weighted by Gasteiger charge is 2.23. The molecule has 0 radical (unpaired) electrons. The summed E-state index contributed by atoms with van der Waals surface area (Å²) in [5.74, 6) is -0.505. The highest BCUT2D eigenvalue weighted by molar-refractivity contribution is 5.96. The lowest BCUT2D eigenvalue weighted by Gasteiger charge is -2.26. The smallest absolute Gasteiger partial charge is 0.325 e. The fraction of sp³-hybridized carbons (Fsp3) is 0.500. The third kappa shape index (κ3) is 3.61. The second kappa shape index (κ2) is 6.72. The summed E-state index contributed by atoms with van der Waals surface area (Å²) >= 11 is 0. The highest BCUT2D eigenvalue weighted by atomic mass is 16.5. The Morgan fingerprint density at radius 1 is 1.29 bits per heavy atom. The van der Waals surface area contributed by atoms with Crippen molar-refractivity contribution in [3.63, 3.8) is 0 Å². The lowest BCUT2D eigenvalue weighted by molar-refractivity contribution is -0.144. The van der Waals surface area contributed by atoms with Crippen LogP contribution in [0.15, 0.2) is 18.2 Å². The Bertz CT molecular complexity index is 540. The zero-order chi connectivity index (χ0) is 15.4. The van der Waals surface area contributed by atoms with Crippen LogP contribution in [-0.4, -0.2) is 36.0 Å². The summed E-state index contributed by atoms with van der Waals surface area (Å²) in [6, 6.07) is 5.66. The van der Waals surface area contributed by atoms with E-state index >= 15 is 0 Å². The zero-order valence-electron chi connectivity index (χ0n) is 12.8. The van der Waals surface area contributed by atoms with Crippen LogP contribution in [0.5, 0.6) is 0 Å². The van der Waals surface area contributed by atoms with E-state index in [2.05, 4.69) is 5.32 Å². The van der Waals surface area contributed by atoms with E-state index in [0.29, 0.717) is 12.2 Å². The minimum absolute atomic E-state index is 0.0142. The molecule has 2 rings (SSSR count). The number of carbonyl (C=O) groups is 2. The first kappa shape index (κ1) is 15.5. The molecule has 0 aliphatic carbocycles. The molecule has 1 aliphatic rings. The molecule has 0 spiro atoms. The number of carbonyl (C=O) groups excluding carboxylic acids is 2. The minimum atomic E-state index is -0.373. The van der Waals surface area contributed by atoms with Gasteiger partial charge in [0.2, 0.25) is 0 Å². The summed E-state index contributed by atoms with van der Waals surface area (Å²) < 4.78 is 4.94. The van der Waals surface area contributed by atoms with E-state index in [0.717, 1.165) is 18.7 Å². The van der Waals surface area contributed by atoms with Gasteiger partial charge in [0.15, 0.2) is 0 Å². The van der Waals surface area contributed by atoms with Crippen molar-refractivity contribution in [2.24, 2.45) is 0 Å². The van der Waals surface area contributed by atoms with E-state index in [-0.39, 0.29) is 24.5 Å². The monoisotopic (exact) mass is 290 g/mol. The molecule has 1 aliphatic heterocycles. The third-order valence-corrected chi connectivity index (χ3v) is 3.57. The summed E-state index contributed by atoms with van der Waals surface area (Å²) in [4.78, 5) is 25.8. The maximum absolute atomic E-state index is 12.6. The number of fused-ring (bicyclic) bond motifs is 1. The second-order valence-corrected chi connectivity index (χ2v) is 5.42. The van der Waals surface area contributed by atoms with E-state index in [1.165, 1.54) is 5.56 Å². The maximum Gasteiger partial charge on any atom is 0.325 e. The summed E-state index contributed by atoms with van der Waals surface area (Å²) in [6.45, 7) is 7.49. The Hall–Kier alpha value is -1.88. The van der Waals surface area contributed by atoms with Gasteiger partial charge in [-0.3, -0.25) is 9.59 Å². The molecule has 5 heteroatoms. The molecule has 0 bridgehead atoms. The largest absolute Gasteiger partial charge is 0.465 e. The SMILES string of the molecule is CCOC(=O)CN(C(=O)c1ccc2c(c1)CNC2)C(C)C. The van der Waals surface area contributed by atoms with Gasteiger partial charge in [0, 0.05) is 24.7 Å². The van der Waals surface area contributed by atoms with Crippen LogP contribution in [0.4, 0.5) is 0 Å². The molecule has 1 heterocycles. The molecule has 0 saturated heterocycles. The number of nitrogens with zero attached hydrogens (tertiary/aromatic N) is 1. The van der Waals surface area contributed by atoms with E-state index in [9.17, 15) is 9.59 Å². The summed E-state index contributed by atoms with van der Waals surface area (Å²) in [6.07, 6.45) is 0. The number of rotatable bonds is 5. The van der Waals surface area contributed by atoms with Crippen LogP contribution in [0.25, 0.3) is 0 Å². The maximum atomic E-state index is 12.6. The number of hydrogen-bond acceptors (Lipinski definition) is 4. The predicted octanol–water partition coefficient (Wildman–Crippen LogP) is 1.70. The van der Waals surface area contributed by atoms with E-state index in [1.54, 1.807) is 11.8 Å². The Balaban J connectivity index is 2.16. The lowest BCUT2D eigenvalue weighted by Crippen LogP contribution is -2.41. The fourth-order valence-electron chi connectivity index (χ4n) is 2.43. The molecule has 21 heavy (non-hydrogen) atoms. The molecule has 0 unspecified atom stereocenters. The number of amides is 1. The van der Waals surface area contributed by atoms with Crippen LogP contribution in [0, 0.1) is 0 Å². The van der Waals surface area contributed by atoms with Crippen molar-refractivity contribution in [3.8, 4) is 0 Å². The number of nitrogens with one attached hydrogen (secondary N) is 1. The van der Waals surface area contributed by atoms with Gasteiger partial charge >= 0.3 is 5.97 Å². The second-order valence-electron chi connectivity index (χ2n) is 5.42. The Labute approximate surface area is 125 Å². The quantitative estimate of drug-likeness (QED) is 0.839. The van der Waals surface area contributed by atoms with Crippen molar-refractivity contribution in [1.29, 1.82) is 0 Å². The topological polar surface area (TPSA) is 58.6 Å². The fourth-order valence-corrected chi connectivity index (χ4v) is 2.43. The Morgan fingerprint density at radius 2 is 2.00 bits per heavy atom. The van der Waals surface area contributed by atoms with Crippen LogP contribution in [0.2, 0.25) is 0 Å². The first-order valence-electron chi connectivity index (χ1n) is 7.32. The van der Waals surface area contributed by atoms with E-state index in [1.807, 2.05) is 32.0 Å². The number of ether oxygens (including phenoxy) is 1. The van der Waals surface area contributed by atoms with Gasteiger partial charge in [0.05, 0.1) is 6.61 Å². The minimum Gasteiger partial charge on any atom is -0.465 e. The molecule has 1 N–H and O–H groups in total. The number of hydrogen-bond donors (Lipinski definition) is 1. The molecule has 0 saturated carbocycles. The molecular formula is C16H22N2O3. The van der Waals surface area contributed by atoms with Crippen molar-refractivity contribution in [1.82, 2.24) is 10.2 Å². The average Bonchev–Trinajstić information content (AvgIpc) is 2.91. The lowest BCUT2D eigenvalue weighted by atomic mass is 10.1. The highest BCUT2D eigenvalue weighted by Crippen LogP contribution is 2.18. The van der Waals surface area contributed by atoms with Gasteiger partial charge in [-0.2, -0.15) is 0 Å². The molecule has 1 aromatic carbocycles. The molecule has 0 fully saturated rings. The van der Waals surface area contributed by atoms with Crippen LogP contribution in [0.1, 0.15) is 42.3 Å². The first-order chi connectivity index (χ1) is 10.0. The van der Waals surface area contributed by atoms with Gasteiger partial charge in [0.25, 0.3) is 5.91 Å². The molecule has 1 amide bonds. The summed E-state index contributed by atoms with van der Waals surface area (Å²) in [5.41, 5.74) is 3.00. The van der Waals surface area contributed by atoms with Crippen LogP contribution in [-0.2, 0) is 22.6 Å². The standard InChI is InChI=1S/C16H22N2O3/c1-4-21-15(19)10-18(11(2)3)16(20)12-5-6-13-8-17-9-14(13)7-12/h5-7,11,17H,4,8-10H2,1-3H3. The van der Waals surface area contributed by atoms with E-state index < -0.39 is 0 Å². The Morgan fingerprint density at radius 3 is 2.67 bits per heavy atom. The van der Waals surface area contributed by atoms with Gasteiger partial charge in [-0.15, -0.1) is 0 Å². The molecule has 0 atom stereocenters. The number of benzene rings is 1. The predicted molar refractivity (Wildman–Crippen MR) is 79.8 cm³/mol. The normalized spacial score (nSPS) is 13.1. The average molecular weight is 290 g/mol. The van der Waals surface area contributed by atoms with Crippen molar-refractivity contribution >= 4 is 11.9 Å². The molecule has 1 aromatic rings. The van der Waals surface area contributed by atoms with Gasteiger partial charge in [-0.25, -0.2) is 0 Å². The van der Waals surface area contributed by atoms with Crippen molar-refractivity contribution < 1.29 is 14.3 Å². The molecule has 5 nitrogen and oxygen atoms in total. The van der Waals surface area contributed by atoms with Gasteiger partial charge in [0.1, 0.15) is 6.54 Å². The van der Waals surface area contributed by atoms with Crippen molar-refractivity contribution in [2.45, 2.75) is 39.9 Å². The van der Waals surface area contributed by atoms with Crippen LogP contribution < -0.4 is 5.32 Å². The van der Waals surface area contributed by atoms with Crippen molar-refractivity contribution in [2.75, 3.05) is 13.2 Å². The summed E-state index contributed by atoms with van der Waals surface area (Å²) in [7, 11) is 0. The summed E-state index contributed by atoms with van der Waals surface area (Å²) in [5, 5.41) is 3.26. The number of esters is 1.